The molecule has 0 aromatic heterocycles. The van der Waals surface area contributed by atoms with Crippen LogP contribution in [-0.4, -0.2) is 57.2 Å². The summed E-state index contributed by atoms with van der Waals surface area (Å²) < 4.78 is 11.8. The van der Waals surface area contributed by atoms with E-state index in [0.717, 1.165) is 13.1 Å². The maximum absolute atomic E-state index is 12.4. The third-order valence-corrected chi connectivity index (χ3v) is 8.92. The van der Waals surface area contributed by atoms with Gasteiger partial charge in [-0.3, -0.25) is 0 Å². The molecule has 0 aromatic carbocycles. The number of amides is 1. The minimum atomic E-state index is -1.81. The minimum absolute atomic E-state index is 0.0396. The molecule has 1 saturated heterocycles. The van der Waals surface area contributed by atoms with Gasteiger partial charge in [-0.05, 0) is 38.9 Å². The summed E-state index contributed by atoms with van der Waals surface area (Å²) in [6, 6.07) is 0.0396. The molecule has 1 amide bonds. The van der Waals surface area contributed by atoms with Crippen molar-refractivity contribution in [3.63, 3.8) is 0 Å². The average Bonchev–Trinajstić information content (AvgIpc) is 2.33. The number of piperazine rings is 1. The van der Waals surface area contributed by atoms with Gasteiger partial charge in [-0.15, -0.1) is 0 Å². The lowest BCUT2D eigenvalue weighted by molar-refractivity contribution is 0.00550. The van der Waals surface area contributed by atoms with E-state index in [2.05, 4.69) is 39.2 Å². The second kappa shape index (κ2) is 6.89. The number of carbonyl (C=O) groups is 1. The molecule has 1 fully saturated rings. The van der Waals surface area contributed by atoms with Gasteiger partial charge >= 0.3 is 6.09 Å². The molecular weight excluding hydrogens is 296 g/mol. The van der Waals surface area contributed by atoms with Gasteiger partial charge in [-0.1, -0.05) is 20.8 Å². The summed E-state index contributed by atoms with van der Waals surface area (Å²) in [7, 11) is -1.81. The van der Waals surface area contributed by atoms with E-state index in [1.807, 2.05) is 25.7 Å². The van der Waals surface area contributed by atoms with E-state index >= 15 is 0 Å². The Morgan fingerprint density at radius 1 is 1.23 bits per heavy atom. The SMILES string of the molecule is CC(C)(C)OC(=O)N1CCNC[C@H]1CO[Si](C)(C)C(C)(C)C. The largest absolute Gasteiger partial charge is 0.444 e. The van der Waals surface area contributed by atoms with Crippen LogP contribution in [0.3, 0.4) is 0 Å². The number of nitrogens with zero attached hydrogens (tertiary/aromatic N) is 1. The zero-order valence-corrected chi connectivity index (χ0v) is 16.6. The van der Waals surface area contributed by atoms with Crippen LogP contribution in [-0.2, 0) is 9.16 Å². The second-order valence-electron chi connectivity index (χ2n) is 8.60. The Kier molecular flexibility index (Phi) is 6.09. The van der Waals surface area contributed by atoms with Crippen molar-refractivity contribution in [2.24, 2.45) is 0 Å². The van der Waals surface area contributed by atoms with Crippen LogP contribution in [0.25, 0.3) is 0 Å². The lowest BCUT2D eigenvalue weighted by Gasteiger charge is -2.41. The Hall–Kier alpha value is -0.593. The highest BCUT2D eigenvalue weighted by molar-refractivity contribution is 6.74. The van der Waals surface area contributed by atoms with Crippen LogP contribution in [0.1, 0.15) is 41.5 Å². The number of hydrogen-bond donors (Lipinski definition) is 1. The van der Waals surface area contributed by atoms with E-state index in [-0.39, 0.29) is 17.2 Å². The topological polar surface area (TPSA) is 50.8 Å². The van der Waals surface area contributed by atoms with E-state index in [9.17, 15) is 4.79 Å². The smallest absolute Gasteiger partial charge is 0.410 e. The predicted octanol–water partition coefficient (Wildman–Crippen LogP) is 3.22. The fourth-order valence-electron chi connectivity index (χ4n) is 1.99. The summed E-state index contributed by atoms with van der Waals surface area (Å²) in [5.41, 5.74) is -0.465. The summed E-state index contributed by atoms with van der Waals surface area (Å²) in [5.74, 6) is 0. The van der Waals surface area contributed by atoms with E-state index in [4.69, 9.17) is 9.16 Å². The molecule has 0 saturated carbocycles. The van der Waals surface area contributed by atoms with Crippen molar-refractivity contribution in [1.82, 2.24) is 10.2 Å². The van der Waals surface area contributed by atoms with E-state index in [1.54, 1.807) is 0 Å². The molecule has 0 unspecified atom stereocenters. The van der Waals surface area contributed by atoms with Gasteiger partial charge in [-0.25, -0.2) is 4.79 Å². The van der Waals surface area contributed by atoms with Crippen LogP contribution < -0.4 is 5.32 Å². The molecule has 0 radical (unpaired) electrons. The van der Waals surface area contributed by atoms with Crippen molar-refractivity contribution in [2.75, 3.05) is 26.2 Å². The fraction of sp³-hybridized carbons (Fsp3) is 0.938. The molecule has 1 atom stereocenters. The summed E-state index contributed by atoms with van der Waals surface area (Å²) in [4.78, 5) is 14.2. The lowest BCUT2D eigenvalue weighted by Crippen LogP contribution is -2.57. The predicted molar refractivity (Wildman–Crippen MR) is 92.7 cm³/mol. The van der Waals surface area contributed by atoms with Crippen LogP contribution in [0.4, 0.5) is 4.79 Å². The van der Waals surface area contributed by atoms with Crippen LogP contribution in [0.15, 0.2) is 0 Å². The molecule has 1 N–H and O–H groups in total. The third-order valence-electron chi connectivity index (χ3n) is 4.42. The van der Waals surface area contributed by atoms with Gasteiger partial charge in [0.05, 0.1) is 12.6 Å². The summed E-state index contributed by atoms with van der Waals surface area (Å²) in [6.45, 7) is 19.6. The Bertz CT molecular complexity index is 386. The molecule has 0 aliphatic carbocycles. The summed E-state index contributed by atoms with van der Waals surface area (Å²) >= 11 is 0. The van der Waals surface area contributed by atoms with Gasteiger partial charge in [0.25, 0.3) is 0 Å². The van der Waals surface area contributed by atoms with Gasteiger partial charge in [0.1, 0.15) is 5.60 Å². The molecule has 22 heavy (non-hydrogen) atoms. The molecule has 0 bridgehead atoms. The van der Waals surface area contributed by atoms with Crippen LogP contribution in [0, 0.1) is 0 Å². The summed E-state index contributed by atoms with van der Waals surface area (Å²) in [6.07, 6.45) is -0.238. The Morgan fingerprint density at radius 2 is 1.82 bits per heavy atom. The zero-order chi connectivity index (χ0) is 17.2. The first kappa shape index (κ1) is 19.5. The van der Waals surface area contributed by atoms with Crippen molar-refractivity contribution in [3.8, 4) is 0 Å². The maximum Gasteiger partial charge on any atom is 0.410 e. The molecule has 5 nitrogen and oxygen atoms in total. The fourth-order valence-corrected chi connectivity index (χ4v) is 3.03. The van der Waals surface area contributed by atoms with Crippen molar-refractivity contribution >= 4 is 14.4 Å². The monoisotopic (exact) mass is 330 g/mol. The molecule has 1 rings (SSSR count). The van der Waals surface area contributed by atoms with Gasteiger partial charge in [0, 0.05) is 19.6 Å². The van der Waals surface area contributed by atoms with E-state index in [0.29, 0.717) is 13.2 Å². The first-order valence-corrected chi connectivity index (χ1v) is 11.1. The Labute approximate surface area is 136 Å². The maximum atomic E-state index is 12.4. The highest BCUT2D eigenvalue weighted by atomic mass is 28.4. The second-order valence-corrected chi connectivity index (χ2v) is 13.4. The van der Waals surface area contributed by atoms with Crippen LogP contribution in [0.5, 0.6) is 0 Å². The van der Waals surface area contributed by atoms with Gasteiger partial charge in [-0.2, -0.15) is 0 Å². The molecule has 130 valence electrons. The molecule has 1 aliphatic heterocycles. The highest BCUT2D eigenvalue weighted by Gasteiger charge is 2.39. The van der Waals surface area contributed by atoms with Crippen molar-refractivity contribution < 1.29 is 14.0 Å². The third kappa shape index (κ3) is 5.55. The van der Waals surface area contributed by atoms with Crippen molar-refractivity contribution in [2.45, 2.75) is 71.3 Å². The molecule has 6 heteroatoms. The lowest BCUT2D eigenvalue weighted by atomic mass is 10.2. The van der Waals surface area contributed by atoms with Crippen molar-refractivity contribution in [1.29, 1.82) is 0 Å². The minimum Gasteiger partial charge on any atom is -0.444 e. The van der Waals surface area contributed by atoms with Crippen molar-refractivity contribution in [3.05, 3.63) is 0 Å². The first-order chi connectivity index (χ1) is 9.83. The summed E-state index contributed by atoms with van der Waals surface area (Å²) in [5, 5.41) is 3.52. The number of hydrogen-bond acceptors (Lipinski definition) is 4. The molecule has 1 heterocycles. The Morgan fingerprint density at radius 3 is 2.32 bits per heavy atom. The standard InChI is InChI=1S/C16H34N2O3Si/c1-15(2,3)21-14(19)18-10-9-17-11-13(18)12-20-22(7,8)16(4,5)6/h13,17H,9-12H2,1-8H3/t13-/m0/s1. The van der Waals surface area contributed by atoms with Gasteiger partial charge in [0.2, 0.25) is 0 Å². The number of ether oxygens (including phenoxy) is 1. The quantitative estimate of drug-likeness (QED) is 0.807. The normalized spacial score (nSPS) is 20.9. The van der Waals surface area contributed by atoms with Crippen LogP contribution >= 0.6 is 0 Å². The van der Waals surface area contributed by atoms with Gasteiger partial charge in [0.15, 0.2) is 8.32 Å². The molecular formula is C16H34N2O3Si. The van der Waals surface area contributed by atoms with Crippen LogP contribution in [0.2, 0.25) is 18.1 Å². The molecule has 1 aliphatic rings. The van der Waals surface area contributed by atoms with E-state index < -0.39 is 13.9 Å². The van der Waals surface area contributed by atoms with Gasteiger partial charge < -0.3 is 19.4 Å². The molecule has 0 spiro atoms. The number of carbonyl (C=O) groups excluding carboxylic acids is 1. The first-order valence-electron chi connectivity index (χ1n) is 8.18. The average molecular weight is 331 g/mol. The van der Waals surface area contributed by atoms with E-state index in [1.165, 1.54) is 0 Å². The number of nitrogens with one attached hydrogen (secondary N) is 1. The zero-order valence-electron chi connectivity index (χ0n) is 15.6. The Balaban J connectivity index is 2.68. The highest BCUT2D eigenvalue weighted by Crippen LogP contribution is 2.36. The number of rotatable bonds is 3. The molecule has 0 aromatic rings.